The average Bonchev–Trinajstić information content (AvgIpc) is 2.70. The molecule has 0 spiro atoms. The van der Waals surface area contributed by atoms with Crippen LogP contribution < -0.4 is 5.73 Å². The zero-order chi connectivity index (χ0) is 11.5. The van der Waals surface area contributed by atoms with Gasteiger partial charge in [0.1, 0.15) is 0 Å². The quantitative estimate of drug-likeness (QED) is 0.823. The van der Waals surface area contributed by atoms with E-state index < -0.39 is 0 Å². The number of rotatable bonds is 3. The van der Waals surface area contributed by atoms with Crippen molar-refractivity contribution in [3.05, 3.63) is 45.9 Å². The lowest BCUT2D eigenvalue weighted by Crippen LogP contribution is -1.98. The van der Waals surface area contributed by atoms with Crippen molar-refractivity contribution in [2.45, 2.75) is 26.2 Å². The molecule has 2 aromatic rings. The van der Waals surface area contributed by atoms with E-state index in [4.69, 9.17) is 5.73 Å². The number of thiazole rings is 1. The fourth-order valence-electron chi connectivity index (χ4n) is 1.79. The van der Waals surface area contributed by atoms with Crippen molar-refractivity contribution in [2.75, 3.05) is 5.73 Å². The van der Waals surface area contributed by atoms with E-state index in [1.165, 1.54) is 16.0 Å². The Labute approximate surface area is 100 Å². The third kappa shape index (κ3) is 2.42. The van der Waals surface area contributed by atoms with Crippen molar-refractivity contribution in [1.29, 1.82) is 0 Å². The fraction of sp³-hybridized carbons (Fsp3) is 0.308. The number of nitrogens with two attached hydrogens (primary N) is 1. The lowest BCUT2D eigenvalue weighted by Gasteiger charge is -2.10. The summed E-state index contributed by atoms with van der Waals surface area (Å²) in [6.45, 7) is 4.32. The van der Waals surface area contributed by atoms with Crippen LogP contribution in [-0.4, -0.2) is 4.98 Å². The first-order valence-electron chi connectivity index (χ1n) is 5.42. The molecule has 2 N–H and O–H groups in total. The number of nitrogens with zero attached hydrogens (tertiary/aromatic N) is 1. The lowest BCUT2D eigenvalue weighted by atomic mass is 9.98. The SMILES string of the molecule is CC(C)c1ccc(Cc2cncs2)cc1N. The van der Waals surface area contributed by atoms with Gasteiger partial charge in [0.2, 0.25) is 0 Å². The number of hydrogen-bond acceptors (Lipinski definition) is 3. The van der Waals surface area contributed by atoms with Gasteiger partial charge in [-0.25, -0.2) is 0 Å². The molecule has 1 heterocycles. The van der Waals surface area contributed by atoms with Crippen LogP contribution in [0.2, 0.25) is 0 Å². The molecule has 0 atom stereocenters. The minimum atomic E-state index is 0.484. The van der Waals surface area contributed by atoms with E-state index in [-0.39, 0.29) is 0 Å². The largest absolute Gasteiger partial charge is 0.398 e. The highest BCUT2D eigenvalue weighted by Crippen LogP contribution is 2.24. The topological polar surface area (TPSA) is 38.9 Å². The Bertz CT molecular complexity index is 461. The molecular weight excluding hydrogens is 216 g/mol. The van der Waals surface area contributed by atoms with Gasteiger partial charge in [-0.15, -0.1) is 11.3 Å². The van der Waals surface area contributed by atoms with Crippen LogP contribution in [0.15, 0.2) is 29.9 Å². The van der Waals surface area contributed by atoms with Crippen LogP contribution in [0.4, 0.5) is 5.69 Å². The van der Waals surface area contributed by atoms with Crippen molar-refractivity contribution in [3.63, 3.8) is 0 Å². The summed E-state index contributed by atoms with van der Waals surface area (Å²) in [5.41, 5.74) is 11.3. The van der Waals surface area contributed by atoms with Gasteiger partial charge in [-0.2, -0.15) is 0 Å². The van der Waals surface area contributed by atoms with Gasteiger partial charge in [0.25, 0.3) is 0 Å². The third-order valence-corrected chi connectivity index (χ3v) is 3.41. The van der Waals surface area contributed by atoms with Crippen LogP contribution in [0, 0.1) is 0 Å². The maximum atomic E-state index is 6.04. The van der Waals surface area contributed by atoms with Crippen molar-refractivity contribution < 1.29 is 0 Å². The molecular formula is C13H16N2S. The number of nitrogen functional groups attached to an aromatic ring is 1. The Morgan fingerprint density at radius 2 is 2.19 bits per heavy atom. The molecule has 0 aliphatic rings. The summed E-state index contributed by atoms with van der Waals surface area (Å²) >= 11 is 1.68. The molecule has 0 fully saturated rings. The minimum absolute atomic E-state index is 0.484. The average molecular weight is 232 g/mol. The Kier molecular flexibility index (Phi) is 3.25. The minimum Gasteiger partial charge on any atom is -0.398 e. The molecule has 2 rings (SSSR count). The van der Waals surface area contributed by atoms with E-state index >= 15 is 0 Å². The normalized spacial score (nSPS) is 10.9. The Balaban J connectivity index is 2.21. The van der Waals surface area contributed by atoms with E-state index in [2.05, 4.69) is 37.0 Å². The van der Waals surface area contributed by atoms with Gasteiger partial charge in [0.05, 0.1) is 5.51 Å². The molecule has 84 valence electrons. The van der Waals surface area contributed by atoms with Crippen LogP contribution in [0.1, 0.15) is 35.8 Å². The molecule has 0 amide bonds. The van der Waals surface area contributed by atoms with Crippen molar-refractivity contribution in [2.24, 2.45) is 0 Å². The van der Waals surface area contributed by atoms with Crippen molar-refractivity contribution >= 4 is 17.0 Å². The summed E-state index contributed by atoms with van der Waals surface area (Å²) in [6, 6.07) is 6.37. The molecule has 2 nitrogen and oxygen atoms in total. The van der Waals surface area contributed by atoms with Gasteiger partial charge in [-0.1, -0.05) is 26.0 Å². The summed E-state index contributed by atoms with van der Waals surface area (Å²) in [7, 11) is 0. The zero-order valence-corrected chi connectivity index (χ0v) is 10.4. The Hall–Kier alpha value is -1.35. The first-order valence-corrected chi connectivity index (χ1v) is 6.30. The number of hydrogen-bond donors (Lipinski definition) is 1. The zero-order valence-electron chi connectivity index (χ0n) is 9.60. The molecule has 1 aromatic carbocycles. The van der Waals surface area contributed by atoms with E-state index in [9.17, 15) is 0 Å². The molecule has 0 unspecified atom stereocenters. The number of aromatic nitrogens is 1. The van der Waals surface area contributed by atoms with Crippen LogP contribution in [0.25, 0.3) is 0 Å². The fourth-order valence-corrected chi connectivity index (χ4v) is 2.42. The lowest BCUT2D eigenvalue weighted by molar-refractivity contribution is 0.869. The third-order valence-electron chi connectivity index (χ3n) is 2.64. The standard InChI is InChI=1S/C13H16N2S/c1-9(2)12-4-3-10(6-13(12)14)5-11-7-15-8-16-11/h3-4,6-9H,5,14H2,1-2H3. The second-order valence-electron chi connectivity index (χ2n) is 4.26. The molecule has 0 bridgehead atoms. The number of benzene rings is 1. The highest BCUT2D eigenvalue weighted by atomic mass is 32.1. The molecule has 16 heavy (non-hydrogen) atoms. The van der Waals surface area contributed by atoms with Crippen LogP contribution >= 0.6 is 11.3 Å². The molecule has 0 aliphatic carbocycles. The predicted molar refractivity (Wildman–Crippen MR) is 69.9 cm³/mol. The maximum absolute atomic E-state index is 6.04. The summed E-state index contributed by atoms with van der Waals surface area (Å²) < 4.78 is 0. The maximum Gasteiger partial charge on any atom is 0.0794 e. The predicted octanol–water partition coefficient (Wildman–Crippen LogP) is 3.44. The summed E-state index contributed by atoms with van der Waals surface area (Å²) in [5, 5.41) is 0. The molecule has 0 radical (unpaired) electrons. The van der Waals surface area contributed by atoms with Gasteiger partial charge in [-0.05, 0) is 23.1 Å². The van der Waals surface area contributed by atoms with Gasteiger partial charge in [0.15, 0.2) is 0 Å². The highest BCUT2D eigenvalue weighted by molar-refractivity contribution is 7.09. The van der Waals surface area contributed by atoms with E-state index in [1.807, 2.05) is 11.7 Å². The first kappa shape index (κ1) is 11.1. The molecule has 0 saturated carbocycles. The van der Waals surface area contributed by atoms with E-state index in [0.29, 0.717) is 5.92 Å². The molecule has 1 aromatic heterocycles. The van der Waals surface area contributed by atoms with Gasteiger partial charge in [-0.3, -0.25) is 4.98 Å². The van der Waals surface area contributed by atoms with Gasteiger partial charge in [0, 0.05) is 23.2 Å². The molecule has 0 aliphatic heterocycles. The molecule has 3 heteroatoms. The summed E-state index contributed by atoms with van der Waals surface area (Å²) in [5.74, 6) is 0.484. The van der Waals surface area contributed by atoms with Crippen molar-refractivity contribution in [3.8, 4) is 0 Å². The number of anilines is 1. The van der Waals surface area contributed by atoms with Crippen LogP contribution in [0.5, 0.6) is 0 Å². The van der Waals surface area contributed by atoms with E-state index in [1.54, 1.807) is 11.3 Å². The van der Waals surface area contributed by atoms with Crippen LogP contribution in [0.3, 0.4) is 0 Å². The summed E-state index contributed by atoms with van der Waals surface area (Å²) in [4.78, 5) is 5.35. The highest BCUT2D eigenvalue weighted by Gasteiger charge is 2.05. The Morgan fingerprint density at radius 1 is 1.38 bits per heavy atom. The second-order valence-corrected chi connectivity index (χ2v) is 5.23. The van der Waals surface area contributed by atoms with Gasteiger partial charge >= 0.3 is 0 Å². The summed E-state index contributed by atoms with van der Waals surface area (Å²) in [6.07, 6.45) is 2.84. The second kappa shape index (κ2) is 4.66. The first-order chi connectivity index (χ1) is 7.66. The Morgan fingerprint density at radius 3 is 2.75 bits per heavy atom. The van der Waals surface area contributed by atoms with Gasteiger partial charge < -0.3 is 5.73 Å². The smallest absolute Gasteiger partial charge is 0.0794 e. The van der Waals surface area contributed by atoms with Crippen molar-refractivity contribution in [1.82, 2.24) is 4.98 Å². The van der Waals surface area contributed by atoms with E-state index in [0.717, 1.165) is 12.1 Å². The monoisotopic (exact) mass is 232 g/mol. The van der Waals surface area contributed by atoms with Crippen LogP contribution in [-0.2, 0) is 6.42 Å². The molecule has 0 saturated heterocycles.